The predicted molar refractivity (Wildman–Crippen MR) is 67.7 cm³/mol. The summed E-state index contributed by atoms with van der Waals surface area (Å²) in [6.45, 7) is 9.91. The van der Waals surface area contributed by atoms with Crippen molar-refractivity contribution in [1.29, 1.82) is 0 Å². The monoisotopic (exact) mass is 266 g/mol. The number of hydrogen-bond donors (Lipinski definition) is 0. The summed E-state index contributed by atoms with van der Waals surface area (Å²) in [4.78, 5) is 3.92. The lowest BCUT2D eigenvalue weighted by Gasteiger charge is -2.44. The summed E-state index contributed by atoms with van der Waals surface area (Å²) in [6, 6.07) is 0.416. The first-order chi connectivity index (χ1) is 8.13. The number of nitrogens with zero attached hydrogens (tertiary/aromatic N) is 2. The van der Waals surface area contributed by atoms with Gasteiger partial charge in [-0.2, -0.15) is 13.2 Å². The van der Waals surface area contributed by atoms with Crippen LogP contribution in [0.15, 0.2) is 0 Å². The Kier molecular flexibility index (Phi) is 5.06. The lowest BCUT2D eigenvalue weighted by atomic mass is 9.96. The van der Waals surface area contributed by atoms with Gasteiger partial charge < -0.3 is 0 Å². The van der Waals surface area contributed by atoms with Gasteiger partial charge in [-0.3, -0.25) is 9.80 Å². The van der Waals surface area contributed by atoms with Gasteiger partial charge in [0.2, 0.25) is 0 Å². The van der Waals surface area contributed by atoms with Crippen molar-refractivity contribution < 1.29 is 13.2 Å². The van der Waals surface area contributed by atoms with Crippen molar-refractivity contribution in [2.24, 2.45) is 0 Å². The molecule has 0 bridgehead atoms. The molecule has 1 saturated heterocycles. The van der Waals surface area contributed by atoms with E-state index in [-0.39, 0.29) is 5.54 Å². The van der Waals surface area contributed by atoms with Crippen LogP contribution >= 0.6 is 0 Å². The second-order valence-electron chi connectivity index (χ2n) is 6.08. The average Bonchev–Trinajstić information content (AvgIpc) is 2.17. The molecular formula is C13H25F3N2. The van der Waals surface area contributed by atoms with Gasteiger partial charge >= 0.3 is 6.18 Å². The molecule has 0 aromatic heterocycles. The molecule has 1 heterocycles. The molecule has 0 saturated carbocycles. The van der Waals surface area contributed by atoms with E-state index in [2.05, 4.69) is 32.6 Å². The van der Waals surface area contributed by atoms with E-state index in [9.17, 15) is 13.2 Å². The molecule has 18 heavy (non-hydrogen) atoms. The summed E-state index contributed by atoms with van der Waals surface area (Å²) >= 11 is 0. The molecule has 0 spiro atoms. The first-order valence-corrected chi connectivity index (χ1v) is 6.69. The Morgan fingerprint density at radius 3 is 1.94 bits per heavy atom. The number of hydrogen-bond acceptors (Lipinski definition) is 2. The number of likely N-dealkylation sites (tertiary alicyclic amines) is 1. The molecule has 2 nitrogen and oxygen atoms in total. The lowest BCUT2D eigenvalue weighted by molar-refractivity contribution is -0.149. The van der Waals surface area contributed by atoms with Crippen LogP contribution in [0.3, 0.4) is 0 Å². The lowest BCUT2D eigenvalue weighted by Crippen LogP contribution is -2.53. The summed E-state index contributed by atoms with van der Waals surface area (Å²) in [5, 5.41) is 0. The van der Waals surface area contributed by atoms with Gasteiger partial charge in [0.25, 0.3) is 0 Å². The molecule has 1 fully saturated rings. The van der Waals surface area contributed by atoms with E-state index in [1.807, 2.05) is 0 Å². The molecule has 0 atom stereocenters. The van der Waals surface area contributed by atoms with Crippen molar-refractivity contribution in [1.82, 2.24) is 9.80 Å². The second kappa shape index (κ2) is 5.78. The van der Waals surface area contributed by atoms with Crippen LogP contribution in [0.5, 0.6) is 0 Å². The maximum absolute atomic E-state index is 12.3. The number of halogens is 3. The van der Waals surface area contributed by atoms with Crippen LogP contribution in [-0.2, 0) is 0 Å². The van der Waals surface area contributed by atoms with Gasteiger partial charge in [-0.1, -0.05) is 6.92 Å². The fourth-order valence-corrected chi connectivity index (χ4v) is 2.92. The first-order valence-electron chi connectivity index (χ1n) is 6.69. The highest BCUT2D eigenvalue weighted by atomic mass is 19.4. The van der Waals surface area contributed by atoms with Crippen molar-refractivity contribution >= 4 is 0 Å². The van der Waals surface area contributed by atoms with Crippen LogP contribution in [-0.4, -0.2) is 53.7 Å². The van der Waals surface area contributed by atoms with E-state index < -0.39 is 12.7 Å². The zero-order valence-electron chi connectivity index (χ0n) is 11.8. The SMILES string of the molecule is CCN(C1CCN(CC(F)(F)F)CC1)C(C)(C)C. The van der Waals surface area contributed by atoms with Gasteiger partial charge in [0.1, 0.15) is 0 Å². The highest BCUT2D eigenvalue weighted by Crippen LogP contribution is 2.26. The van der Waals surface area contributed by atoms with Crippen LogP contribution < -0.4 is 0 Å². The van der Waals surface area contributed by atoms with E-state index in [0.717, 1.165) is 19.4 Å². The minimum Gasteiger partial charge on any atom is -0.296 e. The van der Waals surface area contributed by atoms with Gasteiger partial charge in [0, 0.05) is 11.6 Å². The number of piperidine rings is 1. The smallest absolute Gasteiger partial charge is 0.296 e. The Morgan fingerprint density at radius 1 is 1.11 bits per heavy atom. The summed E-state index contributed by atoms with van der Waals surface area (Å²) in [5.74, 6) is 0. The quantitative estimate of drug-likeness (QED) is 0.774. The third-order valence-electron chi connectivity index (χ3n) is 3.60. The third-order valence-corrected chi connectivity index (χ3v) is 3.60. The molecule has 0 aromatic carbocycles. The Labute approximate surface area is 108 Å². The molecule has 1 aliphatic heterocycles. The molecule has 1 rings (SSSR count). The van der Waals surface area contributed by atoms with Crippen molar-refractivity contribution in [2.45, 2.75) is 58.3 Å². The van der Waals surface area contributed by atoms with Gasteiger partial charge in [0.05, 0.1) is 6.54 Å². The molecule has 108 valence electrons. The summed E-state index contributed by atoms with van der Waals surface area (Å²) in [6.07, 6.45) is -2.40. The fraction of sp³-hybridized carbons (Fsp3) is 1.00. The highest BCUT2D eigenvalue weighted by Gasteiger charge is 2.35. The predicted octanol–water partition coefficient (Wildman–Crippen LogP) is 3.13. The third kappa shape index (κ3) is 4.76. The van der Waals surface area contributed by atoms with Crippen molar-refractivity contribution in [3.05, 3.63) is 0 Å². The van der Waals surface area contributed by atoms with Crippen molar-refractivity contribution in [2.75, 3.05) is 26.2 Å². The molecule has 0 aromatic rings. The second-order valence-corrected chi connectivity index (χ2v) is 6.08. The Bertz CT molecular complexity index is 250. The minimum absolute atomic E-state index is 0.0889. The van der Waals surface area contributed by atoms with E-state index in [0.29, 0.717) is 19.1 Å². The molecule has 0 unspecified atom stereocenters. The van der Waals surface area contributed by atoms with Gasteiger partial charge in [-0.05, 0) is 53.2 Å². The topological polar surface area (TPSA) is 6.48 Å². The van der Waals surface area contributed by atoms with Crippen LogP contribution in [0.25, 0.3) is 0 Å². The van der Waals surface area contributed by atoms with Gasteiger partial charge in [-0.25, -0.2) is 0 Å². The van der Waals surface area contributed by atoms with Gasteiger partial charge in [-0.15, -0.1) is 0 Å². The van der Waals surface area contributed by atoms with E-state index in [4.69, 9.17) is 0 Å². The Morgan fingerprint density at radius 2 is 1.61 bits per heavy atom. The maximum Gasteiger partial charge on any atom is 0.401 e. The maximum atomic E-state index is 12.3. The normalized spacial score (nSPS) is 20.7. The fourth-order valence-electron chi connectivity index (χ4n) is 2.92. The zero-order valence-corrected chi connectivity index (χ0v) is 11.8. The molecule has 0 amide bonds. The van der Waals surface area contributed by atoms with E-state index in [1.165, 1.54) is 4.90 Å². The zero-order chi connectivity index (χ0) is 14.0. The van der Waals surface area contributed by atoms with E-state index in [1.54, 1.807) is 0 Å². The first kappa shape index (κ1) is 15.8. The van der Waals surface area contributed by atoms with Crippen LogP contribution in [0.4, 0.5) is 13.2 Å². The standard InChI is InChI=1S/C13H25F3N2/c1-5-18(12(2,3)4)11-6-8-17(9-7-11)10-13(14,15)16/h11H,5-10H2,1-4H3. The Hall–Kier alpha value is -0.290. The molecule has 1 aliphatic rings. The largest absolute Gasteiger partial charge is 0.401 e. The minimum atomic E-state index is -4.07. The van der Waals surface area contributed by atoms with Crippen molar-refractivity contribution in [3.8, 4) is 0 Å². The van der Waals surface area contributed by atoms with Crippen molar-refractivity contribution in [3.63, 3.8) is 0 Å². The number of alkyl halides is 3. The number of rotatable bonds is 3. The molecule has 0 aliphatic carbocycles. The van der Waals surface area contributed by atoms with Crippen LogP contribution in [0.2, 0.25) is 0 Å². The summed E-state index contributed by atoms with van der Waals surface area (Å²) in [7, 11) is 0. The summed E-state index contributed by atoms with van der Waals surface area (Å²) < 4.78 is 36.9. The molecular weight excluding hydrogens is 241 g/mol. The summed E-state index contributed by atoms with van der Waals surface area (Å²) in [5.41, 5.74) is 0.0889. The van der Waals surface area contributed by atoms with Crippen LogP contribution in [0, 0.1) is 0 Å². The van der Waals surface area contributed by atoms with E-state index >= 15 is 0 Å². The Balaban J connectivity index is 2.48. The molecule has 5 heteroatoms. The molecule has 0 N–H and O–H groups in total. The molecule has 0 radical (unpaired) electrons. The highest BCUT2D eigenvalue weighted by molar-refractivity contribution is 4.86. The van der Waals surface area contributed by atoms with Gasteiger partial charge in [0.15, 0.2) is 0 Å². The average molecular weight is 266 g/mol. The van der Waals surface area contributed by atoms with Crippen LogP contribution in [0.1, 0.15) is 40.5 Å².